The van der Waals surface area contributed by atoms with Gasteiger partial charge in [-0.15, -0.1) is 0 Å². The molecule has 0 fully saturated rings. The Morgan fingerprint density at radius 1 is 1.12 bits per heavy atom. The van der Waals surface area contributed by atoms with Crippen LogP contribution in [0.25, 0.3) is 0 Å². The largest absolute Gasteiger partial charge is 0.399 e. The number of rotatable bonds is 3. The minimum absolute atomic E-state index is 0.835. The SMILES string of the molecule is CCc1cc(N)ccc1Sc1ccc(Br)cc1. The Labute approximate surface area is 115 Å². The number of nitrogen functional groups attached to an aromatic ring is 1. The average molecular weight is 308 g/mol. The Bertz CT molecular complexity index is 508. The van der Waals surface area contributed by atoms with Crippen LogP contribution in [0.1, 0.15) is 12.5 Å². The van der Waals surface area contributed by atoms with Crippen LogP contribution in [0, 0.1) is 0 Å². The molecule has 0 aromatic heterocycles. The molecule has 0 radical (unpaired) electrons. The molecule has 88 valence electrons. The summed E-state index contributed by atoms with van der Waals surface area (Å²) in [7, 11) is 0. The van der Waals surface area contributed by atoms with Gasteiger partial charge in [0.25, 0.3) is 0 Å². The van der Waals surface area contributed by atoms with Gasteiger partial charge >= 0.3 is 0 Å². The first kappa shape index (κ1) is 12.5. The predicted octanol–water partition coefficient (Wildman–Crippen LogP) is 4.74. The Morgan fingerprint density at radius 3 is 2.47 bits per heavy atom. The lowest BCUT2D eigenvalue weighted by atomic mass is 10.1. The van der Waals surface area contributed by atoms with Crippen LogP contribution in [-0.2, 0) is 6.42 Å². The Balaban J connectivity index is 2.26. The first-order valence-electron chi connectivity index (χ1n) is 5.51. The van der Waals surface area contributed by atoms with Gasteiger partial charge in [-0.2, -0.15) is 0 Å². The summed E-state index contributed by atoms with van der Waals surface area (Å²) in [6.45, 7) is 2.15. The molecule has 0 spiro atoms. The van der Waals surface area contributed by atoms with Gasteiger partial charge in [-0.3, -0.25) is 0 Å². The van der Waals surface area contributed by atoms with Crippen molar-refractivity contribution in [2.75, 3.05) is 5.73 Å². The fraction of sp³-hybridized carbons (Fsp3) is 0.143. The van der Waals surface area contributed by atoms with Gasteiger partial charge < -0.3 is 5.73 Å². The van der Waals surface area contributed by atoms with Gasteiger partial charge in [0.15, 0.2) is 0 Å². The summed E-state index contributed by atoms with van der Waals surface area (Å²) in [4.78, 5) is 2.52. The summed E-state index contributed by atoms with van der Waals surface area (Å²) in [5.74, 6) is 0. The Kier molecular flexibility index (Phi) is 4.13. The second-order valence-corrected chi connectivity index (χ2v) is 5.81. The Hall–Kier alpha value is -0.930. The zero-order valence-electron chi connectivity index (χ0n) is 9.61. The van der Waals surface area contributed by atoms with E-state index in [0.717, 1.165) is 16.6 Å². The third kappa shape index (κ3) is 3.27. The molecule has 0 unspecified atom stereocenters. The highest BCUT2D eigenvalue weighted by atomic mass is 79.9. The molecule has 2 N–H and O–H groups in total. The lowest BCUT2D eigenvalue weighted by Gasteiger charge is -2.08. The number of halogens is 1. The van der Waals surface area contributed by atoms with E-state index >= 15 is 0 Å². The number of anilines is 1. The van der Waals surface area contributed by atoms with E-state index in [2.05, 4.69) is 59.3 Å². The molecule has 0 saturated carbocycles. The van der Waals surface area contributed by atoms with Crippen LogP contribution < -0.4 is 5.73 Å². The molecule has 0 amide bonds. The first-order valence-corrected chi connectivity index (χ1v) is 7.12. The van der Waals surface area contributed by atoms with Crippen molar-refractivity contribution in [2.45, 2.75) is 23.1 Å². The van der Waals surface area contributed by atoms with Crippen LogP contribution in [0.15, 0.2) is 56.7 Å². The number of hydrogen-bond donors (Lipinski definition) is 1. The second kappa shape index (κ2) is 5.61. The standard InChI is InChI=1S/C14H14BrNS/c1-2-10-9-12(16)5-8-14(10)17-13-6-3-11(15)4-7-13/h3-9H,2,16H2,1H3. The number of benzene rings is 2. The number of nitrogens with two attached hydrogens (primary N) is 1. The molecule has 2 aromatic rings. The van der Waals surface area contributed by atoms with Crippen molar-refractivity contribution in [1.82, 2.24) is 0 Å². The molecule has 0 aliphatic rings. The van der Waals surface area contributed by atoms with E-state index in [1.165, 1.54) is 15.4 Å². The Morgan fingerprint density at radius 2 is 1.82 bits per heavy atom. The van der Waals surface area contributed by atoms with E-state index in [-0.39, 0.29) is 0 Å². The van der Waals surface area contributed by atoms with Gasteiger partial charge in [0.05, 0.1) is 0 Å². The molecule has 2 aromatic carbocycles. The van der Waals surface area contributed by atoms with Crippen molar-refractivity contribution >= 4 is 33.4 Å². The maximum Gasteiger partial charge on any atom is 0.0317 e. The van der Waals surface area contributed by atoms with Gasteiger partial charge in [-0.05, 0) is 54.4 Å². The highest BCUT2D eigenvalue weighted by Crippen LogP contribution is 2.32. The quantitative estimate of drug-likeness (QED) is 0.828. The molecule has 0 aliphatic heterocycles. The predicted molar refractivity (Wildman–Crippen MR) is 78.5 cm³/mol. The summed E-state index contributed by atoms with van der Waals surface area (Å²) in [6.07, 6.45) is 1.00. The fourth-order valence-electron chi connectivity index (χ4n) is 1.60. The molecule has 0 heterocycles. The molecule has 17 heavy (non-hydrogen) atoms. The van der Waals surface area contributed by atoms with E-state index in [1.807, 2.05) is 6.07 Å². The van der Waals surface area contributed by atoms with E-state index in [0.29, 0.717) is 0 Å². The monoisotopic (exact) mass is 307 g/mol. The van der Waals surface area contributed by atoms with Crippen LogP contribution in [0.4, 0.5) is 5.69 Å². The van der Waals surface area contributed by atoms with Crippen molar-refractivity contribution in [2.24, 2.45) is 0 Å². The smallest absolute Gasteiger partial charge is 0.0317 e. The minimum atomic E-state index is 0.835. The van der Waals surface area contributed by atoms with Crippen molar-refractivity contribution in [3.63, 3.8) is 0 Å². The fourth-order valence-corrected chi connectivity index (χ4v) is 2.87. The summed E-state index contributed by atoms with van der Waals surface area (Å²) < 4.78 is 1.11. The zero-order chi connectivity index (χ0) is 12.3. The van der Waals surface area contributed by atoms with Crippen molar-refractivity contribution in [1.29, 1.82) is 0 Å². The third-order valence-electron chi connectivity index (χ3n) is 2.51. The minimum Gasteiger partial charge on any atom is -0.399 e. The van der Waals surface area contributed by atoms with Crippen LogP contribution in [0.5, 0.6) is 0 Å². The molecule has 0 aliphatic carbocycles. The van der Waals surface area contributed by atoms with Crippen molar-refractivity contribution in [3.8, 4) is 0 Å². The number of hydrogen-bond acceptors (Lipinski definition) is 2. The van der Waals surface area contributed by atoms with Crippen LogP contribution in [0.3, 0.4) is 0 Å². The maximum absolute atomic E-state index is 5.80. The van der Waals surface area contributed by atoms with Crippen LogP contribution in [-0.4, -0.2) is 0 Å². The lowest BCUT2D eigenvalue weighted by molar-refractivity contribution is 1.08. The zero-order valence-corrected chi connectivity index (χ0v) is 12.0. The number of aryl methyl sites for hydroxylation is 1. The van der Waals surface area contributed by atoms with Crippen molar-refractivity contribution in [3.05, 3.63) is 52.5 Å². The normalized spacial score (nSPS) is 10.5. The van der Waals surface area contributed by atoms with E-state index in [9.17, 15) is 0 Å². The molecule has 0 saturated heterocycles. The highest BCUT2D eigenvalue weighted by molar-refractivity contribution is 9.10. The van der Waals surface area contributed by atoms with E-state index in [4.69, 9.17) is 5.73 Å². The average Bonchev–Trinajstić information content (AvgIpc) is 2.34. The lowest BCUT2D eigenvalue weighted by Crippen LogP contribution is -1.90. The molecule has 3 heteroatoms. The second-order valence-electron chi connectivity index (χ2n) is 3.78. The van der Waals surface area contributed by atoms with Crippen LogP contribution in [0.2, 0.25) is 0 Å². The summed E-state index contributed by atoms with van der Waals surface area (Å²) in [6, 6.07) is 14.5. The molecular weight excluding hydrogens is 294 g/mol. The van der Waals surface area contributed by atoms with Crippen molar-refractivity contribution < 1.29 is 0 Å². The summed E-state index contributed by atoms with van der Waals surface area (Å²) >= 11 is 5.22. The molecule has 1 nitrogen and oxygen atoms in total. The van der Waals surface area contributed by atoms with Gasteiger partial charge in [0, 0.05) is 20.0 Å². The van der Waals surface area contributed by atoms with Gasteiger partial charge in [-0.25, -0.2) is 0 Å². The highest BCUT2D eigenvalue weighted by Gasteiger charge is 2.03. The summed E-state index contributed by atoms with van der Waals surface area (Å²) in [5.41, 5.74) is 7.94. The molecule has 0 bridgehead atoms. The summed E-state index contributed by atoms with van der Waals surface area (Å²) in [5, 5.41) is 0. The molecular formula is C14H14BrNS. The molecule has 2 rings (SSSR count). The van der Waals surface area contributed by atoms with Gasteiger partial charge in [0.1, 0.15) is 0 Å². The van der Waals surface area contributed by atoms with E-state index < -0.39 is 0 Å². The van der Waals surface area contributed by atoms with Gasteiger partial charge in [-0.1, -0.05) is 34.6 Å². The first-order chi connectivity index (χ1) is 8.19. The van der Waals surface area contributed by atoms with E-state index in [1.54, 1.807) is 11.8 Å². The molecule has 0 atom stereocenters. The van der Waals surface area contributed by atoms with Gasteiger partial charge in [0.2, 0.25) is 0 Å². The third-order valence-corrected chi connectivity index (χ3v) is 4.16. The van der Waals surface area contributed by atoms with Crippen LogP contribution >= 0.6 is 27.7 Å². The topological polar surface area (TPSA) is 26.0 Å². The maximum atomic E-state index is 5.80.